The Labute approximate surface area is 99.8 Å². The molecule has 1 amide bonds. The molecule has 0 saturated heterocycles. The molecule has 0 radical (unpaired) electrons. The molecule has 0 aliphatic carbocycles. The Kier molecular flexibility index (Phi) is 4.45. The zero-order valence-electron chi connectivity index (χ0n) is 10.3. The van der Waals surface area contributed by atoms with Crippen LogP contribution in [-0.4, -0.2) is 38.3 Å². The van der Waals surface area contributed by atoms with Crippen LogP contribution in [0.15, 0.2) is 6.20 Å². The van der Waals surface area contributed by atoms with Crippen LogP contribution in [0.2, 0.25) is 0 Å². The average molecular weight is 242 g/mol. The van der Waals surface area contributed by atoms with Gasteiger partial charge in [0.05, 0.1) is 19.3 Å². The Morgan fingerprint density at radius 1 is 1.59 bits per heavy atom. The van der Waals surface area contributed by atoms with E-state index in [2.05, 4.69) is 15.6 Å². The number of alkyl carbamates (subject to hydrolysis) is 1. The van der Waals surface area contributed by atoms with Crippen molar-refractivity contribution in [1.82, 2.24) is 20.3 Å². The first kappa shape index (κ1) is 13.4. The lowest BCUT2D eigenvalue weighted by Crippen LogP contribution is -2.34. The van der Waals surface area contributed by atoms with Gasteiger partial charge in [-0.05, 0) is 20.8 Å². The molecule has 0 aliphatic rings. The molecule has 1 heterocycles. The maximum atomic E-state index is 11.3. The molecule has 96 valence electrons. The van der Waals surface area contributed by atoms with Crippen molar-refractivity contribution in [3.8, 4) is 0 Å². The Hall–Kier alpha value is -1.63. The lowest BCUT2D eigenvalue weighted by molar-refractivity contribution is 0.0525. The normalized spacial score (nSPS) is 11.3. The zero-order chi connectivity index (χ0) is 12.9. The van der Waals surface area contributed by atoms with Crippen LogP contribution in [0.4, 0.5) is 4.79 Å². The van der Waals surface area contributed by atoms with Crippen LogP contribution in [-0.2, 0) is 17.9 Å². The summed E-state index contributed by atoms with van der Waals surface area (Å²) in [4.78, 5) is 11.3. The Bertz CT molecular complexity index is 370. The second-order valence-corrected chi connectivity index (χ2v) is 4.56. The number of nitrogens with zero attached hydrogens (tertiary/aromatic N) is 3. The minimum absolute atomic E-state index is 0.139. The molecule has 2 N–H and O–H groups in total. The van der Waals surface area contributed by atoms with E-state index < -0.39 is 11.7 Å². The molecule has 17 heavy (non-hydrogen) atoms. The van der Waals surface area contributed by atoms with Crippen molar-refractivity contribution in [2.45, 2.75) is 39.5 Å². The number of nitrogens with one attached hydrogen (secondary N) is 1. The van der Waals surface area contributed by atoms with E-state index in [1.165, 1.54) is 0 Å². The summed E-state index contributed by atoms with van der Waals surface area (Å²) >= 11 is 0. The van der Waals surface area contributed by atoms with E-state index in [9.17, 15) is 4.79 Å². The summed E-state index contributed by atoms with van der Waals surface area (Å²) in [7, 11) is 0. The van der Waals surface area contributed by atoms with Gasteiger partial charge in [0.25, 0.3) is 0 Å². The summed E-state index contributed by atoms with van der Waals surface area (Å²) in [5.74, 6) is 0. The quantitative estimate of drug-likeness (QED) is 0.792. The third-order valence-corrected chi connectivity index (χ3v) is 1.76. The molecule has 0 unspecified atom stereocenters. The van der Waals surface area contributed by atoms with Gasteiger partial charge < -0.3 is 15.2 Å². The van der Waals surface area contributed by atoms with Crippen molar-refractivity contribution in [1.29, 1.82) is 0 Å². The maximum Gasteiger partial charge on any atom is 0.407 e. The summed E-state index contributed by atoms with van der Waals surface area (Å²) in [5.41, 5.74) is 0.00349. The molecule has 7 heteroatoms. The van der Waals surface area contributed by atoms with Gasteiger partial charge in [0.15, 0.2) is 0 Å². The van der Waals surface area contributed by atoms with Crippen molar-refractivity contribution in [3.63, 3.8) is 0 Å². The van der Waals surface area contributed by atoms with Crippen LogP contribution >= 0.6 is 0 Å². The number of carbonyl (C=O) groups excluding carboxylic acids is 1. The topological polar surface area (TPSA) is 89.3 Å². The van der Waals surface area contributed by atoms with Crippen molar-refractivity contribution in [2.24, 2.45) is 0 Å². The standard InChI is InChI=1S/C10H18N4O3/c1-10(2,3)17-9(16)11-4-5-14-6-8(7-15)12-13-14/h6,15H,4-5,7H2,1-3H3,(H,11,16). The second-order valence-electron chi connectivity index (χ2n) is 4.56. The number of ether oxygens (including phenoxy) is 1. The molecule has 0 aliphatic heterocycles. The van der Waals surface area contributed by atoms with Gasteiger partial charge in [-0.15, -0.1) is 5.10 Å². The highest BCUT2D eigenvalue weighted by molar-refractivity contribution is 5.67. The summed E-state index contributed by atoms with van der Waals surface area (Å²) in [6, 6.07) is 0. The fourth-order valence-electron chi connectivity index (χ4n) is 1.11. The van der Waals surface area contributed by atoms with E-state index in [1.807, 2.05) is 0 Å². The first-order valence-electron chi connectivity index (χ1n) is 5.37. The van der Waals surface area contributed by atoms with Crippen molar-refractivity contribution < 1.29 is 14.6 Å². The van der Waals surface area contributed by atoms with E-state index >= 15 is 0 Å². The van der Waals surface area contributed by atoms with E-state index in [4.69, 9.17) is 9.84 Å². The highest BCUT2D eigenvalue weighted by Crippen LogP contribution is 2.06. The molecular weight excluding hydrogens is 224 g/mol. The van der Waals surface area contributed by atoms with E-state index in [0.717, 1.165) is 0 Å². The van der Waals surface area contributed by atoms with Crippen LogP contribution in [0.1, 0.15) is 26.5 Å². The van der Waals surface area contributed by atoms with Gasteiger partial charge in [0.2, 0.25) is 0 Å². The lowest BCUT2D eigenvalue weighted by Gasteiger charge is -2.19. The number of aliphatic hydroxyl groups excluding tert-OH is 1. The predicted octanol–water partition coefficient (Wildman–Crippen LogP) is 0.295. The number of amides is 1. The van der Waals surface area contributed by atoms with Crippen LogP contribution < -0.4 is 5.32 Å². The Morgan fingerprint density at radius 2 is 2.29 bits per heavy atom. The number of hydrogen-bond donors (Lipinski definition) is 2. The minimum Gasteiger partial charge on any atom is -0.444 e. The van der Waals surface area contributed by atoms with Gasteiger partial charge in [-0.2, -0.15) is 0 Å². The summed E-state index contributed by atoms with van der Waals surface area (Å²) in [6.07, 6.45) is 1.16. The molecule has 0 spiro atoms. The van der Waals surface area contributed by atoms with Crippen LogP contribution in [0, 0.1) is 0 Å². The number of aliphatic hydroxyl groups is 1. The molecule has 0 saturated carbocycles. The van der Waals surface area contributed by atoms with Gasteiger partial charge in [-0.1, -0.05) is 5.21 Å². The van der Waals surface area contributed by atoms with E-state index in [0.29, 0.717) is 18.8 Å². The third-order valence-electron chi connectivity index (χ3n) is 1.76. The smallest absolute Gasteiger partial charge is 0.407 e. The third kappa shape index (κ3) is 5.30. The lowest BCUT2D eigenvalue weighted by atomic mass is 10.2. The fraction of sp³-hybridized carbons (Fsp3) is 0.700. The highest BCUT2D eigenvalue weighted by atomic mass is 16.6. The zero-order valence-corrected chi connectivity index (χ0v) is 10.3. The van der Waals surface area contributed by atoms with Crippen molar-refractivity contribution in [3.05, 3.63) is 11.9 Å². The van der Waals surface area contributed by atoms with E-state index in [-0.39, 0.29) is 6.61 Å². The first-order valence-corrected chi connectivity index (χ1v) is 5.37. The molecule has 1 rings (SSSR count). The summed E-state index contributed by atoms with van der Waals surface area (Å²) < 4.78 is 6.61. The molecular formula is C10H18N4O3. The van der Waals surface area contributed by atoms with E-state index in [1.54, 1.807) is 31.6 Å². The van der Waals surface area contributed by atoms with Crippen molar-refractivity contribution in [2.75, 3.05) is 6.54 Å². The predicted molar refractivity (Wildman–Crippen MR) is 60.2 cm³/mol. The molecule has 7 nitrogen and oxygen atoms in total. The fourth-order valence-corrected chi connectivity index (χ4v) is 1.11. The summed E-state index contributed by atoms with van der Waals surface area (Å²) in [5, 5.41) is 18.9. The van der Waals surface area contributed by atoms with Gasteiger partial charge in [0.1, 0.15) is 11.3 Å². The van der Waals surface area contributed by atoms with Gasteiger partial charge in [-0.3, -0.25) is 4.68 Å². The summed E-state index contributed by atoms with van der Waals surface area (Å²) in [6.45, 7) is 6.14. The number of aromatic nitrogens is 3. The van der Waals surface area contributed by atoms with Crippen LogP contribution in [0.25, 0.3) is 0 Å². The molecule has 0 fully saturated rings. The highest BCUT2D eigenvalue weighted by Gasteiger charge is 2.15. The van der Waals surface area contributed by atoms with Gasteiger partial charge in [0, 0.05) is 6.54 Å². The maximum absolute atomic E-state index is 11.3. The SMILES string of the molecule is CC(C)(C)OC(=O)NCCn1cc(CO)nn1. The monoisotopic (exact) mass is 242 g/mol. The number of hydrogen-bond acceptors (Lipinski definition) is 5. The number of rotatable bonds is 4. The van der Waals surface area contributed by atoms with Gasteiger partial charge >= 0.3 is 6.09 Å². The number of carbonyl (C=O) groups is 1. The molecule has 0 aromatic carbocycles. The largest absolute Gasteiger partial charge is 0.444 e. The average Bonchev–Trinajstić information content (AvgIpc) is 2.63. The Balaban J connectivity index is 2.26. The molecule has 1 aromatic rings. The van der Waals surface area contributed by atoms with Crippen LogP contribution in [0.5, 0.6) is 0 Å². The molecule has 0 bridgehead atoms. The van der Waals surface area contributed by atoms with Gasteiger partial charge in [-0.25, -0.2) is 4.79 Å². The Morgan fingerprint density at radius 3 is 2.82 bits per heavy atom. The molecule has 0 atom stereocenters. The second kappa shape index (κ2) is 5.62. The van der Waals surface area contributed by atoms with Crippen molar-refractivity contribution >= 4 is 6.09 Å². The minimum atomic E-state index is -0.499. The molecule has 1 aromatic heterocycles. The van der Waals surface area contributed by atoms with Crippen LogP contribution in [0.3, 0.4) is 0 Å². The first-order chi connectivity index (χ1) is 7.90.